The number of nitrogens with zero attached hydrogens (tertiary/aromatic N) is 1. The fourth-order valence-corrected chi connectivity index (χ4v) is 5.41. The molecule has 1 unspecified atom stereocenters. The number of carbonyl (C=O) groups excluding carboxylic acids is 1. The van der Waals surface area contributed by atoms with Crippen molar-refractivity contribution in [2.75, 3.05) is 34.0 Å². The summed E-state index contributed by atoms with van der Waals surface area (Å²) in [4.78, 5) is 26.1. The maximum absolute atomic E-state index is 14.4. The van der Waals surface area contributed by atoms with Crippen LogP contribution in [-0.2, 0) is 16.1 Å². The molecule has 2 aliphatic rings. The zero-order valence-electron chi connectivity index (χ0n) is 23.0. The van der Waals surface area contributed by atoms with Gasteiger partial charge in [0, 0.05) is 6.54 Å². The summed E-state index contributed by atoms with van der Waals surface area (Å²) in [5.74, 6) is 0.943. The molecule has 41 heavy (non-hydrogen) atoms. The van der Waals surface area contributed by atoms with Crippen LogP contribution in [0, 0.1) is 5.82 Å². The Balaban J connectivity index is 1.52. The van der Waals surface area contributed by atoms with E-state index in [9.17, 15) is 19.1 Å². The number of rotatable bonds is 8. The summed E-state index contributed by atoms with van der Waals surface area (Å²) in [5, 5.41) is 12.6. The van der Waals surface area contributed by atoms with Crippen LogP contribution in [0.2, 0.25) is 0 Å². The smallest absolute Gasteiger partial charge is 0.407 e. The van der Waals surface area contributed by atoms with Gasteiger partial charge in [-0.15, -0.1) is 0 Å². The number of carbonyl (C=O) groups is 2. The average molecular weight is 563 g/mol. The number of furan rings is 1. The van der Waals surface area contributed by atoms with Gasteiger partial charge in [-0.25, -0.2) is 9.18 Å². The van der Waals surface area contributed by atoms with Crippen LogP contribution < -0.4 is 14.8 Å². The molecule has 1 atom stereocenters. The summed E-state index contributed by atoms with van der Waals surface area (Å²) >= 11 is 0. The molecule has 2 N–H and O–H groups in total. The number of halogens is 1. The third-order valence-corrected chi connectivity index (χ3v) is 7.42. The number of allylic oxidation sites excluding steroid dienone is 2. The van der Waals surface area contributed by atoms with Crippen molar-refractivity contribution in [1.29, 1.82) is 0 Å². The van der Waals surface area contributed by atoms with Gasteiger partial charge >= 0.3 is 6.09 Å². The quantitative estimate of drug-likeness (QED) is 0.372. The Morgan fingerprint density at radius 2 is 1.90 bits per heavy atom. The molecule has 2 amide bonds. The molecule has 214 valence electrons. The molecule has 5 rings (SSSR count). The average Bonchev–Trinajstić information content (AvgIpc) is 3.58. The largest absolute Gasteiger partial charge is 0.496 e. The molecule has 0 radical (unpaired) electrons. The van der Waals surface area contributed by atoms with E-state index in [-0.39, 0.29) is 32.0 Å². The number of fused-ring (bicyclic) bond motifs is 1. The molecule has 3 aromatic rings. The third-order valence-electron chi connectivity index (χ3n) is 7.42. The van der Waals surface area contributed by atoms with Gasteiger partial charge in [0.05, 0.1) is 58.3 Å². The number of morpholine rings is 1. The van der Waals surface area contributed by atoms with E-state index < -0.39 is 18.0 Å². The van der Waals surface area contributed by atoms with Crippen LogP contribution in [0.4, 0.5) is 9.18 Å². The first-order valence-electron chi connectivity index (χ1n) is 13.1. The normalized spacial score (nSPS) is 17.5. The maximum Gasteiger partial charge on any atom is 0.407 e. The number of hydrogen-bond donors (Lipinski definition) is 2. The van der Waals surface area contributed by atoms with E-state index in [2.05, 4.69) is 5.32 Å². The van der Waals surface area contributed by atoms with Crippen molar-refractivity contribution in [2.45, 2.75) is 25.9 Å². The fourth-order valence-electron chi connectivity index (χ4n) is 5.41. The van der Waals surface area contributed by atoms with Crippen molar-refractivity contribution in [3.05, 3.63) is 88.1 Å². The van der Waals surface area contributed by atoms with Crippen molar-refractivity contribution in [3.8, 4) is 11.5 Å². The van der Waals surface area contributed by atoms with Gasteiger partial charge < -0.3 is 29.1 Å². The number of benzene rings is 2. The minimum atomic E-state index is -1.05. The number of hydrogen-bond acceptors (Lipinski definition) is 6. The SMILES string of the molecule is COc1cc(/C=C2/C(C)=C(CC(=O)NCc3ccco3)c3cc(F)ccc32)cc(OC)c1C1COCCN1C(=O)O. The van der Waals surface area contributed by atoms with Crippen molar-refractivity contribution >= 4 is 29.2 Å². The molecule has 2 heterocycles. The lowest BCUT2D eigenvalue weighted by Crippen LogP contribution is -2.42. The molecule has 1 saturated heterocycles. The Morgan fingerprint density at radius 1 is 1.15 bits per heavy atom. The van der Waals surface area contributed by atoms with Gasteiger partial charge in [-0.3, -0.25) is 9.69 Å². The standard InChI is InChI=1S/C31H31FN2O7/c1-18-23(22-7-6-20(32)14-25(22)24(18)15-29(35)33-16-21-5-4-9-41-21)11-19-12-27(38-2)30(28(13-19)39-3)26-17-40-10-8-34(26)31(36)37/h4-7,9,11-14,26H,8,10,15-17H2,1-3H3,(H,33,35)(H,36,37)/b23-11-. The second-order valence-electron chi connectivity index (χ2n) is 9.79. The lowest BCUT2D eigenvalue weighted by molar-refractivity contribution is -0.120. The predicted molar refractivity (Wildman–Crippen MR) is 150 cm³/mol. The van der Waals surface area contributed by atoms with E-state index >= 15 is 0 Å². The highest BCUT2D eigenvalue weighted by Crippen LogP contribution is 2.45. The van der Waals surface area contributed by atoms with Crippen molar-refractivity contribution in [1.82, 2.24) is 10.2 Å². The molecule has 1 aromatic heterocycles. The molecular weight excluding hydrogens is 531 g/mol. The van der Waals surface area contributed by atoms with Crippen LogP contribution >= 0.6 is 0 Å². The Kier molecular flexibility index (Phi) is 8.11. The number of amides is 2. The highest BCUT2D eigenvalue weighted by Gasteiger charge is 2.33. The Bertz CT molecular complexity index is 1500. The fraction of sp³-hybridized carbons (Fsp3) is 0.290. The Morgan fingerprint density at radius 3 is 2.56 bits per heavy atom. The summed E-state index contributed by atoms with van der Waals surface area (Å²) < 4.78 is 36.7. The van der Waals surface area contributed by atoms with Crippen LogP contribution in [0.5, 0.6) is 11.5 Å². The summed E-state index contributed by atoms with van der Waals surface area (Å²) in [5.41, 5.74) is 5.18. The van der Waals surface area contributed by atoms with E-state index in [0.717, 1.165) is 27.8 Å². The molecule has 1 fully saturated rings. The second kappa shape index (κ2) is 11.9. The molecule has 10 heteroatoms. The lowest BCUT2D eigenvalue weighted by Gasteiger charge is -2.35. The van der Waals surface area contributed by atoms with Crippen molar-refractivity contribution in [2.24, 2.45) is 0 Å². The molecule has 0 bridgehead atoms. The van der Waals surface area contributed by atoms with Gasteiger partial charge in [0.1, 0.15) is 23.1 Å². The molecule has 2 aromatic carbocycles. The predicted octanol–water partition coefficient (Wildman–Crippen LogP) is 5.52. The summed E-state index contributed by atoms with van der Waals surface area (Å²) in [6, 6.07) is 11.1. The van der Waals surface area contributed by atoms with Gasteiger partial charge in [-0.1, -0.05) is 6.07 Å². The van der Waals surface area contributed by atoms with Gasteiger partial charge in [0.25, 0.3) is 0 Å². The molecule has 0 spiro atoms. The Hall–Kier alpha value is -4.57. The van der Waals surface area contributed by atoms with Crippen molar-refractivity contribution < 1.29 is 37.7 Å². The van der Waals surface area contributed by atoms with E-state index in [1.165, 1.54) is 31.3 Å². The minimum absolute atomic E-state index is 0.0681. The second-order valence-corrected chi connectivity index (χ2v) is 9.79. The van der Waals surface area contributed by atoms with E-state index in [0.29, 0.717) is 35.0 Å². The summed E-state index contributed by atoms with van der Waals surface area (Å²) in [7, 11) is 3.03. The van der Waals surface area contributed by atoms with Gasteiger partial charge in [-0.2, -0.15) is 0 Å². The van der Waals surface area contributed by atoms with Crippen LogP contribution in [0.25, 0.3) is 17.2 Å². The molecule has 9 nitrogen and oxygen atoms in total. The monoisotopic (exact) mass is 562 g/mol. The Labute approximate surface area is 236 Å². The van der Waals surface area contributed by atoms with E-state index in [1.807, 2.05) is 25.1 Å². The first kappa shape index (κ1) is 28.0. The van der Waals surface area contributed by atoms with Gasteiger partial charge in [0.2, 0.25) is 5.91 Å². The maximum atomic E-state index is 14.4. The van der Waals surface area contributed by atoms with Crippen molar-refractivity contribution in [3.63, 3.8) is 0 Å². The van der Waals surface area contributed by atoms with Crippen LogP contribution in [-0.4, -0.2) is 56.0 Å². The van der Waals surface area contributed by atoms with Gasteiger partial charge in [0.15, 0.2) is 0 Å². The number of methoxy groups -OCH3 is 2. The molecule has 0 saturated carbocycles. The summed E-state index contributed by atoms with van der Waals surface area (Å²) in [6.45, 7) is 2.88. The molecule has 1 aliphatic carbocycles. The number of nitrogens with one attached hydrogen (secondary N) is 1. The zero-order valence-corrected chi connectivity index (χ0v) is 23.0. The topological polar surface area (TPSA) is 110 Å². The lowest BCUT2D eigenvalue weighted by atomic mass is 9.97. The zero-order chi connectivity index (χ0) is 29.1. The number of ether oxygens (including phenoxy) is 3. The summed E-state index contributed by atoms with van der Waals surface area (Å²) in [6.07, 6.45) is 2.49. The first-order valence-corrected chi connectivity index (χ1v) is 13.1. The first-order chi connectivity index (χ1) is 19.8. The highest BCUT2D eigenvalue weighted by atomic mass is 19.1. The van der Waals surface area contributed by atoms with E-state index in [1.54, 1.807) is 24.5 Å². The van der Waals surface area contributed by atoms with Gasteiger partial charge in [-0.05, 0) is 82.8 Å². The molecular formula is C31H31FN2O7. The third kappa shape index (κ3) is 5.69. The van der Waals surface area contributed by atoms with E-state index in [4.69, 9.17) is 18.6 Å². The highest BCUT2D eigenvalue weighted by molar-refractivity contribution is 6.08. The minimum Gasteiger partial charge on any atom is -0.496 e. The van der Waals surface area contributed by atoms with Crippen LogP contribution in [0.3, 0.4) is 0 Å². The number of carboxylic acid groups (broad SMARTS) is 1. The molecule has 1 aliphatic heterocycles. The van der Waals surface area contributed by atoms with Crippen LogP contribution in [0.15, 0.2) is 58.7 Å². The van der Waals surface area contributed by atoms with Crippen LogP contribution in [0.1, 0.15) is 47.4 Å².